The van der Waals surface area contributed by atoms with Gasteiger partial charge in [-0.25, -0.2) is 0 Å². The zero-order valence-electron chi connectivity index (χ0n) is 20.5. The first-order valence-electron chi connectivity index (χ1n) is 13.6. The van der Waals surface area contributed by atoms with Crippen molar-refractivity contribution < 1.29 is 4.74 Å². The number of hydrogen-bond donors (Lipinski definition) is 1. The van der Waals surface area contributed by atoms with Gasteiger partial charge < -0.3 is 10.1 Å². The molecule has 1 spiro atoms. The standard InChI is InChI=1S/C29H45NO/c1-17-8-10-28(5)21(12-17)6-7-23-22-9-11-29(15-19(3)24(22)14-25(23)28)20(4)27-26(31-29)13-18(2)16-30-27/h18,20-23,25-27,30H,1,6-16H2,2-5H3/t18-,20+,21+,22-,23-,25-,26+,27-,28-,29-/m0/s1. The van der Waals surface area contributed by atoms with Crippen molar-refractivity contribution >= 4 is 0 Å². The van der Waals surface area contributed by atoms with Gasteiger partial charge in [0.05, 0.1) is 11.7 Å². The fourth-order valence-electron chi connectivity index (χ4n) is 9.72. The molecule has 10 atom stereocenters. The molecule has 5 fully saturated rings. The van der Waals surface area contributed by atoms with Crippen molar-refractivity contribution in [1.82, 2.24) is 5.32 Å². The molecular formula is C29H45NO. The number of fused-ring (bicyclic) bond motifs is 6. The maximum Gasteiger partial charge on any atom is 0.0765 e. The third kappa shape index (κ3) is 3.03. The Labute approximate surface area is 190 Å². The molecule has 0 bridgehead atoms. The number of nitrogens with one attached hydrogen (secondary N) is 1. The number of allylic oxidation sites excluding steroid dienone is 2. The lowest BCUT2D eigenvalue weighted by Crippen LogP contribution is -2.48. The number of ether oxygens (including phenoxy) is 1. The predicted molar refractivity (Wildman–Crippen MR) is 128 cm³/mol. The van der Waals surface area contributed by atoms with Crippen LogP contribution in [0, 0.1) is 40.9 Å². The number of piperidine rings is 1. The molecule has 0 aromatic rings. The molecule has 172 valence electrons. The highest BCUT2D eigenvalue weighted by atomic mass is 16.5. The number of rotatable bonds is 0. The summed E-state index contributed by atoms with van der Waals surface area (Å²) >= 11 is 0. The van der Waals surface area contributed by atoms with Crippen LogP contribution in [0.15, 0.2) is 23.3 Å². The van der Waals surface area contributed by atoms with Crippen molar-refractivity contribution in [2.75, 3.05) is 6.54 Å². The predicted octanol–water partition coefficient (Wildman–Crippen LogP) is 6.67. The van der Waals surface area contributed by atoms with Gasteiger partial charge in [0.25, 0.3) is 0 Å². The maximum atomic E-state index is 7.04. The van der Waals surface area contributed by atoms with E-state index in [1.54, 1.807) is 5.57 Å². The van der Waals surface area contributed by atoms with Crippen LogP contribution in [0.5, 0.6) is 0 Å². The second-order valence-corrected chi connectivity index (χ2v) is 13.1. The molecule has 6 rings (SSSR count). The van der Waals surface area contributed by atoms with Gasteiger partial charge in [0.15, 0.2) is 0 Å². The van der Waals surface area contributed by atoms with Crippen molar-refractivity contribution in [3.63, 3.8) is 0 Å². The quantitative estimate of drug-likeness (QED) is 0.439. The van der Waals surface area contributed by atoms with E-state index in [1.807, 2.05) is 5.57 Å². The monoisotopic (exact) mass is 423 g/mol. The third-order valence-corrected chi connectivity index (χ3v) is 11.6. The summed E-state index contributed by atoms with van der Waals surface area (Å²) < 4.78 is 7.04. The van der Waals surface area contributed by atoms with E-state index < -0.39 is 0 Å². The summed E-state index contributed by atoms with van der Waals surface area (Å²) in [4.78, 5) is 0. The summed E-state index contributed by atoms with van der Waals surface area (Å²) in [5.41, 5.74) is 5.78. The van der Waals surface area contributed by atoms with Crippen LogP contribution in [-0.4, -0.2) is 24.3 Å². The van der Waals surface area contributed by atoms with Crippen LogP contribution in [0.1, 0.15) is 91.9 Å². The zero-order chi connectivity index (χ0) is 21.5. The molecule has 2 nitrogen and oxygen atoms in total. The average Bonchev–Trinajstić information content (AvgIpc) is 3.19. The molecule has 0 aromatic heterocycles. The molecule has 2 aliphatic heterocycles. The summed E-state index contributed by atoms with van der Waals surface area (Å²) in [6, 6.07) is 0.573. The molecule has 2 heterocycles. The Balaban J connectivity index is 1.28. The van der Waals surface area contributed by atoms with Gasteiger partial charge in [-0.1, -0.05) is 44.1 Å². The Morgan fingerprint density at radius 2 is 1.94 bits per heavy atom. The SMILES string of the molecule is C=C1CC[C@@]2(C)[C@H](CC[C@H]3[C@@H]4CC[C@@]5(CC(C)=C4C[C@@H]32)O[C@@H]2C[C@H](C)CN[C@H]2[C@H]5C)C1. The third-order valence-electron chi connectivity index (χ3n) is 11.6. The van der Waals surface area contributed by atoms with Crippen molar-refractivity contribution in [3.8, 4) is 0 Å². The van der Waals surface area contributed by atoms with E-state index in [4.69, 9.17) is 4.74 Å². The van der Waals surface area contributed by atoms with Gasteiger partial charge in [-0.05, 0) is 113 Å². The van der Waals surface area contributed by atoms with Gasteiger partial charge in [-0.2, -0.15) is 0 Å². The van der Waals surface area contributed by atoms with E-state index in [-0.39, 0.29) is 5.60 Å². The van der Waals surface area contributed by atoms with Crippen molar-refractivity contribution in [1.29, 1.82) is 0 Å². The summed E-state index contributed by atoms with van der Waals surface area (Å²) in [5, 5.41) is 3.87. The van der Waals surface area contributed by atoms with Crippen LogP contribution < -0.4 is 5.32 Å². The Bertz CT molecular complexity index is 799. The molecule has 0 unspecified atom stereocenters. The van der Waals surface area contributed by atoms with E-state index in [0.717, 1.165) is 29.6 Å². The minimum absolute atomic E-state index is 0.0903. The van der Waals surface area contributed by atoms with E-state index in [9.17, 15) is 0 Å². The summed E-state index contributed by atoms with van der Waals surface area (Å²) in [6.07, 6.45) is 13.8. The summed E-state index contributed by atoms with van der Waals surface area (Å²) in [6.45, 7) is 15.6. The fourth-order valence-corrected chi connectivity index (χ4v) is 9.72. The van der Waals surface area contributed by atoms with E-state index in [1.165, 1.54) is 76.3 Å². The smallest absolute Gasteiger partial charge is 0.0765 e. The van der Waals surface area contributed by atoms with Crippen LogP contribution in [0.3, 0.4) is 0 Å². The van der Waals surface area contributed by atoms with Crippen molar-refractivity contribution in [2.45, 2.75) is 110 Å². The van der Waals surface area contributed by atoms with Gasteiger partial charge in [-0.3, -0.25) is 0 Å². The molecular weight excluding hydrogens is 378 g/mol. The van der Waals surface area contributed by atoms with Crippen LogP contribution in [0.4, 0.5) is 0 Å². The largest absolute Gasteiger partial charge is 0.369 e. The van der Waals surface area contributed by atoms with Gasteiger partial charge in [0.2, 0.25) is 0 Å². The molecule has 2 saturated heterocycles. The van der Waals surface area contributed by atoms with Gasteiger partial charge in [-0.15, -0.1) is 0 Å². The van der Waals surface area contributed by atoms with Crippen LogP contribution in [0.25, 0.3) is 0 Å². The molecule has 2 heteroatoms. The van der Waals surface area contributed by atoms with Crippen LogP contribution in [0.2, 0.25) is 0 Å². The van der Waals surface area contributed by atoms with E-state index >= 15 is 0 Å². The highest BCUT2D eigenvalue weighted by molar-refractivity contribution is 5.29. The first-order valence-corrected chi connectivity index (χ1v) is 13.6. The topological polar surface area (TPSA) is 21.3 Å². The first kappa shape index (κ1) is 21.0. The average molecular weight is 424 g/mol. The normalized spacial score (nSPS) is 54.3. The second kappa shape index (κ2) is 7.20. The van der Waals surface area contributed by atoms with E-state index in [0.29, 0.717) is 23.5 Å². The Kier molecular flexibility index (Phi) is 4.87. The fraction of sp³-hybridized carbons (Fsp3) is 0.862. The van der Waals surface area contributed by atoms with Crippen molar-refractivity contribution in [2.24, 2.45) is 40.9 Å². The number of hydrogen-bond acceptors (Lipinski definition) is 2. The second-order valence-electron chi connectivity index (χ2n) is 13.1. The van der Waals surface area contributed by atoms with Gasteiger partial charge in [0, 0.05) is 12.0 Å². The lowest BCUT2D eigenvalue weighted by molar-refractivity contribution is -0.0737. The molecule has 0 aromatic carbocycles. The summed E-state index contributed by atoms with van der Waals surface area (Å²) in [5.74, 6) is 4.99. The van der Waals surface area contributed by atoms with Crippen LogP contribution in [-0.2, 0) is 4.74 Å². The molecule has 6 aliphatic rings. The van der Waals surface area contributed by atoms with Gasteiger partial charge in [0.1, 0.15) is 0 Å². The first-order chi connectivity index (χ1) is 14.8. The van der Waals surface area contributed by atoms with E-state index in [2.05, 4.69) is 39.6 Å². The highest BCUT2D eigenvalue weighted by Crippen LogP contribution is 2.65. The Morgan fingerprint density at radius 1 is 1.10 bits per heavy atom. The Morgan fingerprint density at radius 3 is 2.77 bits per heavy atom. The molecule has 31 heavy (non-hydrogen) atoms. The van der Waals surface area contributed by atoms with Crippen LogP contribution >= 0.6 is 0 Å². The molecule has 0 amide bonds. The zero-order valence-corrected chi connectivity index (χ0v) is 20.5. The van der Waals surface area contributed by atoms with Crippen molar-refractivity contribution in [3.05, 3.63) is 23.3 Å². The molecule has 1 N–H and O–H groups in total. The lowest BCUT2D eigenvalue weighted by Gasteiger charge is -2.53. The lowest BCUT2D eigenvalue weighted by atomic mass is 9.52. The highest BCUT2D eigenvalue weighted by Gasteiger charge is 2.59. The molecule has 4 aliphatic carbocycles. The molecule has 3 saturated carbocycles. The minimum atomic E-state index is 0.0903. The minimum Gasteiger partial charge on any atom is -0.369 e. The Hall–Kier alpha value is -0.600. The maximum absolute atomic E-state index is 7.04. The van der Waals surface area contributed by atoms with Gasteiger partial charge >= 0.3 is 0 Å². The summed E-state index contributed by atoms with van der Waals surface area (Å²) in [7, 11) is 0. The molecule has 0 radical (unpaired) electrons.